The summed E-state index contributed by atoms with van der Waals surface area (Å²) in [5, 5.41) is 13.8. The molecular weight excluding hydrogens is 400 g/mol. The first kappa shape index (κ1) is 19.5. The number of H-pyrrole nitrogens is 1. The maximum atomic E-state index is 12.1. The van der Waals surface area contributed by atoms with E-state index in [1.807, 2.05) is 72.8 Å². The Kier molecular flexibility index (Phi) is 5.96. The van der Waals surface area contributed by atoms with Gasteiger partial charge in [0.25, 0.3) is 0 Å². The van der Waals surface area contributed by atoms with Crippen molar-refractivity contribution in [3.8, 4) is 11.3 Å². The lowest BCUT2D eigenvalue weighted by molar-refractivity contribution is 0.155. The van der Waals surface area contributed by atoms with Gasteiger partial charge in [-0.2, -0.15) is 5.10 Å². The number of ether oxygens (including phenoxy) is 1. The van der Waals surface area contributed by atoms with Gasteiger partial charge in [-0.05, 0) is 35.9 Å². The van der Waals surface area contributed by atoms with E-state index in [9.17, 15) is 4.79 Å². The third-order valence-electron chi connectivity index (χ3n) is 4.35. The molecule has 1 heterocycles. The van der Waals surface area contributed by atoms with Gasteiger partial charge >= 0.3 is 6.09 Å². The molecule has 0 radical (unpaired) electrons. The van der Waals surface area contributed by atoms with E-state index in [-0.39, 0.29) is 6.61 Å². The number of amides is 1. The summed E-state index contributed by atoms with van der Waals surface area (Å²) in [6.45, 7) is 0.209. The van der Waals surface area contributed by atoms with E-state index in [4.69, 9.17) is 16.3 Å². The molecule has 3 aromatic carbocycles. The van der Waals surface area contributed by atoms with Crippen LogP contribution < -0.4 is 10.6 Å². The number of aromatic amines is 1. The quantitative estimate of drug-likeness (QED) is 0.347. The minimum Gasteiger partial charge on any atom is -0.444 e. The number of nitrogens with zero attached hydrogens (tertiary/aromatic N) is 1. The van der Waals surface area contributed by atoms with Gasteiger partial charge in [0.15, 0.2) is 0 Å². The molecule has 3 N–H and O–H groups in total. The van der Waals surface area contributed by atoms with Gasteiger partial charge in [0, 0.05) is 22.0 Å². The third kappa shape index (κ3) is 4.98. The fourth-order valence-corrected chi connectivity index (χ4v) is 3.14. The molecule has 4 aromatic rings. The third-order valence-corrected chi connectivity index (χ3v) is 4.59. The van der Waals surface area contributed by atoms with E-state index in [1.165, 1.54) is 0 Å². The number of carbonyl (C=O) groups is 1. The maximum absolute atomic E-state index is 12.1. The van der Waals surface area contributed by atoms with Crippen molar-refractivity contribution in [2.45, 2.75) is 6.61 Å². The van der Waals surface area contributed by atoms with Gasteiger partial charge < -0.3 is 10.1 Å². The predicted octanol–water partition coefficient (Wildman–Crippen LogP) is 6.22. The lowest BCUT2D eigenvalue weighted by atomic mass is 10.1. The Hall–Kier alpha value is -3.77. The normalized spacial score (nSPS) is 10.4. The van der Waals surface area contributed by atoms with Crippen molar-refractivity contribution in [3.63, 3.8) is 0 Å². The van der Waals surface area contributed by atoms with E-state index < -0.39 is 6.09 Å². The molecule has 30 heavy (non-hydrogen) atoms. The van der Waals surface area contributed by atoms with Crippen LogP contribution in [0.4, 0.5) is 21.9 Å². The summed E-state index contributed by atoms with van der Waals surface area (Å²) < 4.78 is 5.28. The van der Waals surface area contributed by atoms with Gasteiger partial charge in [0.1, 0.15) is 6.61 Å². The Morgan fingerprint density at radius 1 is 0.967 bits per heavy atom. The summed E-state index contributed by atoms with van der Waals surface area (Å²) in [4.78, 5) is 12.1. The maximum Gasteiger partial charge on any atom is 0.411 e. The monoisotopic (exact) mass is 418 g/mol. The first-order chi connectivity index (χ1) is 14.7. The highest BCUT2D eigenvalue weighted by molar-refractivity contribution is 6.30. The van der Waals surface area contributed by atoms with Crippen LogP contribution in [0.15, 0.2) is 85.1 Å². The molecule has 0 aliphatic heterocycles. The van der Waals surface area contributed by atoms with Crippen LogP contribution in [0, 0.1) is 0 Å². The first-order valence-electron chi connectivity index (χ1n) is 9.31. The standard InChI is InChI=1S/C23H19ClN4O2/c24-18-9-5-11-20(13-18)26-21-14-25-28-22(21)17-8-4-10-19(12-17)27-23(29)30-15-16-6-2-1-3-7-16/h1-14,26H,15H2,(H,25,28)(H,27,29). The zero-order chi connectivity index (χ0) is 20.8. The van der Waals surface area contributed by atoms with Crippen LogP contribution in [0.3, 0.4) is 0 Å². The molecule has 7 heteroatoms. The average molecular weight is 419 g/mol. The smallest absolute Gasteiger partial charge is 0.411 e. The summed E-state index contributed by atoms with van der Waals surface area (Å²) in [5.74, 6) is 0. The number of carbonyl (C=O) groups excluding carboxylic acids is 1. The average Bonchev–Trinajstić information content (AvgIpc) is 3.21. The molecule has 0 aliphatic rings. The molecule has 0 spiro atoms. The molecule has 0 unspecified atom stereocenters. The SMILES string of the molecule is O=C(Nc1cccc(-c2[nH]ncc2Nc2cccc(Cl)c2)c1)OCc1ccccc1. The summed E-state index contributed by atoms with van der Waals surface area (Å²) >= 11 is 6.06. The summed E-state index contributed by atoms with van der Waals surface area (Å²) in [6.07, 6.45) is 1.18. The summed E-state index contributed by atoms with van der Waals surface area (Å²) in [6, 6.07) is 24.4. The molecule has 0 fully saturated rings. The van der Waals surface area contributed by atoms with Crippen molar-refractivity contribution in [1.82, 2.24) is 10.2 Å². The van der Waals surface area contributed by atoms with Crippen LogP contribution >= 0.6 is 11.6 Å². The molecule has 4 rings (SSSR count). The van der Waals surface area contributed by atoms with E-state index in [0.29, 0.717) is 10.7 Å². The van der Waals surface area contributed by atoms with Gasteiger partial charge in [-0.15, -0.1) is 0 Å². The first-order valence-corrected chi connectivity index (χ1v) is 9.69. The Bertz CT molecular complexity index is 1140. The van der Waals surface area contributed by atoms with Crippen molar-refractivity contribution in [1.29, 1.82) is 0 Å². The molecule has 0 bridgehead atoms. The van der Waals surface area contributed by atoms with Crippen LogP contribution in [0.1, 0.15) is 5.56 Å². The van der Waals surface area contributed by atoms with Gasteiger partial charge in [-0.1, -0.05) is 60.1 Å². The molecule has 0 saturated carbocycles. The number of aromatic nitrogens is 2. The largest absolute Gasteiger partial charge is 0.444 e. The lowest BCUT2D eigenvalue weighted by Gasteiger charge is -2.10. The minimum absolute atomic E-state index is 0.209. The van der Waals surface area contributed by atoms with E-state index in [0.717, 1.165) is 28.2 Å². The molecule has 150 valence electrons. The van der Waals surface area contributed by atoms with Gasteiger partial charge in [0.2, 0.25) is 0 Å². The van der Waals surface area contributed by atoms with Crippen molar-refractivity contribution >= 4 is 34.8 Å². The van der Waals surface area contributed by atoms with Crippen LogP contribution in [-0.2, 0) is 11.3 Å². The second-order valence-electron chi connectivity index (χ2n) is 6.56. The number of rotatable bonds is 6. The number of anilines is 3. The topological polar surface area (TPSA) is 79.0 Å². The fourth-order valence-electron chi connectivity index (χ4n) is 2.95. The van der Waals surface area contributed by atoms with Crippen LogP contribution in [0.2, 0.25) is 5.02 Å². The second-order valence-corrected chi connectivity index (χ2v) is 7.00. The Morgan fingerprint density at radius 2 is 1.77 bits per heavy atom. The summed E-state index contributed by atoms with van der Waals surface area (Å²) in [7, 11) is 0. The number of hydrogen-bond donors (Lipinski definition) is 3. The highest BCUT2D eigenvalue weighted by Gasteiger charge is 2.10. The van der Waals surface area contributed by atoms with Crippen molar-refractivity contribution < 1.29 is 9.53 Å². The van der Waals surface area contributed by atoms with E-state index in [2.05, 4.69) is 20.8 Å². The number of nitrogens with one attached hydrogen (secondary N) is 3. The highest BCUT2D eigenvalue weighted by Crippen LogP contribution is 2.30. The fraction of sp³-hybridized carbons (Fsp3) is 0.0435. The van der Waals surface area contributed by atoms with Gasteiger partial charge in [-0.25, -0.2) is 4.79 Å². The van der Waals surface area contributed by atoms with Crippen molar-refractivity contribution in [3.05, 3.63) is 95.6 Å². The Morgan fingerprint density at radius 3 is 2.60 bits per heavy atom. The second kappa shape index (κ2) is 9.15. The minimum atomic E-state index is -0.516. The van der Waals surface area contributed by atoms with Crippen molar-refractivity contribution in [2.24, 2.45) is 0 Å². The highest BCUT2D eigenvalue weighted by atomic mass is 35.5. The van der Waals surface area contributed by atoms with E-state index in [1.54, 1.807) is 12.3 Å². The van der Waals surface area contributed by atoms with Gasteiger partial charge in [0.05, 0.1) is 17.6 Å². The zero-order valence-corrected chi connectivity index (χ0v) is 16.7. The van der Waals surface area contributed by atoms with Crippen molar-refractivity contribution in [2.75, 3.05) is 10.6 Å². The molecule has 6 nitrogen and oxygen atoms in total. The molecule has 1 amide bonds. The Labute approximate surface area is 178 Å². The molecule has 0 atom stereocenters. The molecule has 0 aliphatic carbocycles. The van der Waals surface area contributed by atoms with Crippen LogP contribution in [0.25, 0.3) is 11.3 Å². The van der Waals surface area contributed by atoms with Crippen LogP contribution in [-0.4, -0.2) is 16.3 Å². The molecule has 1 aromatic heterocycles. The van der Waals surface area contributed by atoms with Crippen LogP contribution in [0.5, 0.6) is 0 Å². The summed E-state index contributed by atoms with van der Waals surface area (Å²) in [5.41, 5.74) is 4.84. The van der Waals surface area contributed by atoms with E-state index >= 15 is 0 Å². The zero-order valence-electron chi connectivity index (χ0n) is 15.9. The molecule has 0 saturated heterocycles. The lowest BCUT2D eigenvalue weighted by Crippen LogP contribution is -2.13. The number of halogens is 1. The van der Waals surface area contributed by atoms with Gasteiger partial charge in [-0.3, -0.25) is 10.4 Å². The number of hydrogen-bond acceptors (Lipinski definition) is 4. The number of benzene rings is 3. The predicted molar refractivity (Wildman–Crippen MR) is 119 cm³/mol. The molecular formula is C23H19ClN4O2. The Balaban J connectivity index is 1.45.